The van der Waals surface area contributed by atoms with E-state index in [0.717, 1.165) is 46.5 Å². The number of fused-ring (bicyclic) bond motifs is 1. The Morgan fingerprint density at radius 1 is 1.05 bits per heavy atom. The van der Waals surface area contributed by atoms with E-state index < -0.39 is 5.91 Å². The number of methoxy groups -OCH3 is 2. The fraction of sp³-hybridized carbons (Fsp3) is 0.321. The smallest absolute Gasteiger partial charge is 0.262 e. The quantitative estimate of drug-likeness (QED) is 0.311. The summed E-state index contributed by atoms with van der Waals surface area (Å²) in [5.74, 6) is 0.696. The van der Waals surface area contributed by atoms with E-state index >= 15 is 0 Å². The Morgan fingerprint density at radius 2 is 1.82 bits per heavy atom. The Balaban J connectivity index is 1.75. The zero-order valence-electron chi connectivity index (χ0n) is 22.8. The number of anilines is 3. The summed E-state index contributed by atoms with van der Waals surface area (Å²) >= 11 is 0. The molecule has 10 nitrogen and oxygen atoms in total. The average Bonchev–Trinajstić information content (AvgIpc) is 3.23. The van der Waals surface area contributed by atoms with Gasteiger partial charge >= 0.3 is 0 Å². The molecule has 2 aromatic carbocycles. The zero-order chi connectivity index (χ0) is 27.4. The highest BCUT2D eigenvalue weighted by Crippen LogP contribution is 2.40. The summed E-state index contributed by atoms with van der Waals surface area (Å²) in [4.78, 5) is 25.5. The van der Waals surface area contributed by atoms with Crippen LogP contribution in [0.3, 0.4) is 0 Å². The molecule has 0 saturated heterocycles. The third-order valence-electron chi connectivity index (χ3n) is 6.38. The number of nitrogens with two attached hydrogens (primary N) is 1. The number of benzene rings is 2. The van der Waals surface area contributed by atoms with E-state index in [1.807, 2.05) is 75.4 Å². The van der Waals surface area contributed by atoms with Gasteiger partial charge < -0.3 is 34.9 Å². The first-order valence-electron chi connectivity index (χ1n) is 12.3. The van der Waals surface area contributed by atoms with Crippen molar-refractivity contribution in [3.05, 3.63) is 54.2 Å². The number of aromatic nitrogens is 3. The summed E-state index contributed by atoms with van der Waals surface area (Å²) in [7, 11) is 11.2. The maximum absolute atomic E-state index is 11.9. The largest absolute Gasteiger partial charge is 0.490 e. The predicted octanol–water partition coefficient (Wildman–Crippen LogP) is 3.42. The SMILES string of the molecule is COc1nc(Nc2ccc(N(C)CCN(C)C)c(CC(N)=O)c2)nc(-c2cn(C)c3ccccc23)c1OC. The maximum Gasteiger partial charge on any atom is 0.262 e. The highest BCUT2D eigenvalue weighted by Gasteiger charge is 2.21. The van der Waals surface area contributed by atoms with Gasteiger partial charge in [0.1, 0.15) is 5.69 Å². The van der Waals surface area contributed by atoms with Crippen LogP contribution in [0.2, 0.25) is 0 Å². The van der Waals surface area contributed by atoms with Crippen molar-refractivity contribution in [2.45, 2.75) is 6.42 Å². The first-order valence-corrected chi connectivity index (χ1v) is 12.3. The van der Waals surface area contributed by atoms with Crippen molar-refractivity contribution in [2.24, 2.45) is 12.8 Å². The van der Waals surface area contributed by atoms with Crippen LogP contribution in [0, 0.1) is 0 Å². The minimum absolute atomic E-state index is 0.116. The van der Waals surface area contributed by atoms with Crippen LogP contribution in [-0.2, 0) is 18.3 Å². The summed E-state index contributed by atoms with van der Waals surface area (Å²) in [6, 6.07) is 13.9. The van der Waals surface area contributed by atoms with Crippen LogP contribution in [0.5, 0.6) is 11.6 Å². The molecule has 0 aliphatic rings. The topological polar surface area (TPSA) is 111 Å². The zero-order valence-corrected chi connectivity index (χ0v) is 22.8. The normalized spacial score (nSPS) is 11.1. The van der Waals surface area contributed by atoms with Gasteiger partial charge in [0.05, 0.1) is 20.6 Å². The molecule has 2 aromatic heterocycles. The Morgan fingerprint density at radius 3 is 2.50 bits per heavy atom. The molecule has 1 amide bonds. The molecule has 0 saturated carbocycles. The van der Waals surface area contributed by atoms with E-state index in [1.165, 1.54) is 0 Å². The summed E-state index contributed by atoms with van der Waals surface area (Å²) in [5.41, 5.74) is 10.6. The van der Waals surface area contributed by atoms with E-state index in [9.17, 15) is 4.79 Å². The number of rotatable bonds is 11. The number of hydrogen-bond donors (Lipinski definition) is 2. The monoisotopic (exact) mass is 517 g/mol. The number of hydrogen-bond acceptors (Lipinski definition) is 8. The Kier molecular flexibility index (Phi) is 8.02. The number of likely N-dealkylation sites (N-methyl/N-ethyl adjacent to an activating group) is 2. The first-order chi connectivity index (χ1) is 18.2. The van der Waals surface area contributed by atoms with Crippen molar-refractivity contribution < 1.29 is 14.3 Å². The van der Waals surface area contributed by atoms with Gasteiger partial charge in [0.25, 0.3) is 5.88 Å². The molecule has 0 radical (unpaired) electrons. The Hall–Kier alpha value is -4.31. The van der Waals surface area contributed by atoms with Gasteiger partial charge in [0.15, 0.2) is 0 Å². The highest BCUT2D eigenvalue weighted by atomic mass is 16.5. The third kappa shape index (κ3) is 5.65. The van der Waals surface area contributed by atoms with Crippen LogP contribution < -0.4 is 25.4 Å². The lowest BCUT2D eigenvalue weighted by Gasteiger charge is -2.24. The molecule has 0 fully saturated rings. The molecule has 0 aliphatic heterocycles. The van der Waals surface area contributed by atoms with Gasteiger partial charge in [0, 0.05) is 61.2 Å². The van der Waals surface area contributed by atoms with Crippen LogP contribution in [-0.4, -0.2) is 73.8 Å². The summed E-state index contributed by atoms with van der Waals surface area (Å²) in [6.45, 7) is 1.68. The second-order valence-corrected chi connectivity index (χ2v) is 9.45. The molecule has 0 bridgehead atoms. The number of para-hydroxylation sites is 1. The fourth-order valence-electron chi connectivity index (χ4n) is 4.49. The van der Waals surface area contributed by atoms with E-state index in [1.54, 1.807) is 14.2 Å². The standard InChI is InChI=1S/C28H35N7O3/c1-33(2)13-14-34(3)22-12-11-19(15-18(22)16-24(29)36)30-28-31-25(26(37-5)27(32-28)38-6)21-17-35(4)23-10-8-7-9-20(21)23/h7-12,15,17H,13-14,16H2,1-6H3,(H2,29,36)(H,30,31,32). The number of primary amides is 1. The molecule has 0 atom stereocenters. The maximum atomic E-state index is 11.9. The van der Waals surface area contributed by atoms with Gasteiger partial charge in [-0.05, 0) is 43.9 Å². The molecule has 0 unspecified atom stereocenters. The Bertz CT molecular complexity index is 1450. The summed E-state index contributed by atoms with van der Waals surface area (Å²) < 4.78 is 13.3. The van der Waals surface area contributed by atoms with Gasteiger partial charge in [-0.15, -0.1) is 0 Å². The van der Waals surface area contributed by atoms with Crippen molar-refractivity contribution in [3.8, 4) is 22.9 Å². The van der Waals surface area contributed by atoms with E-state index in [0.29, 0.717) is 23.3 Å². The number of amides is 1. The van der Waals surface area contributed by atoms with E-state index in [4.69, 9.17) is 20.2 Å². The minimum Gasteiger partial charge on any atom is -0.490 e. The van der Waals surface area contributed by atoms with Gasteiger partial charge in [0.2, 0.25) is 17.6 Å². The molecule has 0 spiro atoms. The number of nitrogens with zero attached hydrogens (tertiary/aromatic N) is 5. The summed E-state index contributed by atoms with van der Waals surface area (Å²) in [5, 5.41) is 4.32. The van der Waals surface area contributed by atoms with Gasteiger partial charge in [-0.3, -0.25) is 4.79 Å². The third-order valence-corrected chi connectivity index (χ3v) is 6.38. The molecule has 38 heavy (non-hydrogen) atoms. The molecule has 2 heterocycles. The number of carbonyl (C=O) groups is 1. The molecular formula is C28H35N7O3. The van der Waals surface area contributed by atoms with Crippen molar-refractivity contribution in [3.63, 3.8) is 0 Å². The van der Waals surface area contributed by atoms with Crippen LogP contribution in [0.15, 0.2) is 48.7 Å². The van der Waals surface area contributed by atoms with Crippen molar-refractivity contribution in [1.29, 1.82) is 0 Å². The first kappa shape index (κ1) is 26.7. The minimum atomic E-state index is -0.398. The fourth-order valence-corrected chi connectivity index (χ4v) is 4.49. The van der Waals surface area contributed by atoms with Crippen LogP contribution in [0.1, 0.15) is 5.56 Å². The average molecular weight is 518 g/mol. The number of nitrogens with one attached hydrogen (secondary N) is 1. The van der Waals surface area contributed by atoms with Gasteiger partial charge in [-0.2, -0.15) is 4.98 Å². The van der Waals surface area contributed by atoms with Crippen LogP contribution >= 0.6 is 0 Å². The van der Waals surface area contributed by atoms with E-state index in [2.05, 4.69) is 26.2 Å². The molecule has 4 aromatic rings. The highest BCUT2D eigenvalue weighted by molar-refractivity contribution is 5.97. The molecule has 0 aliphatic carbocycles. The van der Waals surface area contributed by atoms with Crippen molar-refractivity contribution in [2.75, 3.05) is 58.7 Å². The molecule has 3 N–H and O–H groups in total. The van der Waals surface area contributed by atoms with E-state index in [-0.39, 0.29) is 6.42 Å². The lowest BCUT2D eigenvalue weighted by molar-refractivity contribution is -0.117. The van der Waals surface area contributed by atoms with Crippen LogP contribution in [0.25, 0.3) is 22.2 Å². The molecular weight excluding hydrogens is 482 g/mol. The number of aryl methyl sites for hydroxylation is 1. The predicted molar refractivity (Wildman–Crippen MR) is 151 cm³/mol. The molecule has 4 rings (SSSR count). The lowest BCUT2D eigenvalue weighted by Crippen LogP contribution is -2.29. The van der Waals surface area contributed by atoms with Crippen LogP contribution in [0.4, 0.5) is 17.3 Å². The second kappa shape index (κ2) is 11.4. The Labute approximate surface area is 223 Å². The molecule has 10 heteroatoms. The van der Waals surface area contributed by atoms with Gasteiger partial charge in [-0.1, -0.05) is 18.2 Å². The van der Waals surface area contributed by atoms with Gasteiger partial charge in [-0.25, -0.2) is 4.98 Å². The number of carbonyl (C=O) groups excluding carboxylic acids is 1. The summed E-state index contributed by atoms with van der Waals surface area (Å²) in [6.07, 6.45) is 2.13. The van der Waals surface area contributed by atoms with Crippen molar-refractivity contribution in [1.82, 2.24) is 19.4 Å². The second-order valence-electron chi connectivity index (χ2n) is 9.45. The lowest BCUT2D eigenvalue weighted by atomic mass is 10.1. The molecule has 200 valence electrons. The van der Waals surface area contributed by atoms with Crippen molar-refractivity contribution >= 4 is 34.1 Å². The number of ether oxygens (including phenoxy) is 2.